The highest BCUT2D eigenvalue weighted by Gasteiger charge is 2.25. The van der Waals surface area contributed by atoms with Gasteiger partial charge in [0.1, 0.15) is 5.92 Å². The van der Waals surface area contributed by atoms with E-state index in [-0.39, 0.29) is 5.97 Å². The van der Waals surface area contributed by atoms with Crippen molar-refractivity contribution in [2.75, 3.05) is 7.11 Å². The maximum Gasteiger partial charge on any atom is 0.323 e. The zero-order valence-electron chi connectivity index (χ0n) is 14.3. The van der Waals surface area contributed by atoms with E-state index in [0.717, 1.165) is 16.7 Å². The van der Waals surface area contributed by atoms with Crippen LogP contribution in [0.4, 0.5) is 0 Å². The molecule has 0 aromatic heterocycles. The van der Waals surface area contributed by atoms with E-state index in [1.54, 1.807) is 13.2 Å². The van der Waals surface area contributed by atoms with Crippen LogP contribution in [-0.4, -0.2) is 13.1 Å². The third-order valence-corrected chi connectivity index (χ3v) is 4.03. The molecule has 0 saturated carbocycles. The summed E-state index contributed by atoms with van der Waals surface area (Å²) in [5.74, 6) is 0.149. The van der Waals surface area contributed by atoms with Gasteiger partial charge in [-0.2, -0.15) is 0 Å². The molecule has 0 unspecified atom stereocenters. The van der Waals surface area contributed by atoms with Crippen LogP contribution < -0.4 is 9.47 Å². The molecule has 3 aromatic carbocycles. The van der Waals surface area contributed by atoms with Crippen LogP contribution in [0.2, 0.25) is 0 Å². The maximum atomic E-state index is 13.0. The van der Waals surface area contributed by atoms with Crippen molar-refractivity contribution >= 4 is 5.97 Å². The SMILES string of the molecule is COc1cc(C)ccc1OC(=O)C(c1ccccc1)c1ccccc1. The number of aryl methyl sites for hydroxylation is 1. The number of hydrogen-bond acceptors (Lipinski definition) is 3. The number of hydrogen-bond donors (Lipinski definition) is 0. The molecule has 0 radical (unpaired) electrons. The number of carbonyl (C=O) groups is 1. The number of ether oxygens (including phenoxy) is 2. The summed E-state index contributed by atoms with van der Waals surface area (Å²) in [6.45, 7) is 1.96. The van der Waals surface area contributed by atoms with E-state index in [9.17, 15) is 4.79 Å². The van der Waals surface area contributed by atoms with Gasteiger partial charge in [-0.1, -0.05) is 66.7 Å². The summed E-state index contributed by atoms with van der Waals surface area (Å²) in [4.78, 5) is 13.0. The lowest BCUT2D eigenvalue weighted by atomic mass is 9.91. The molecule has 0 aliphatic carbocycles. The molecule has 0 N–H and O–H groups in total. The van der Waals surface area contributed by atoms with Crippen molar-refractivity contribution in [1.29, 1.82) is 0 Å². The Morgan fingerprint density at radius 2 is 1.36 bits per heavy atom. The van der Waals surface area contributed by atoms with Crippen molar-refractivity contribution in [2.45, 2.75) is 12.8 Å². The van der Waals surface area contributed by atoms with E-state index in [4.69, 9.17) is 9.47 Å². The number of carbonyl (C=O) groups excluding carboxylic acids is 1. The van der Waals surface area contributed by atoms with Crippen LogP contribution >= 0.6 is 0 Å². The van der Waals surface area contributed by atoms with Gasteiger partial charge in [0.15, 0.2) is 11.5 Å². The second-order valence-corrected chi connectivity index (χ2v) is 5.83. The Morgan fingerprint density at radius 3 is 1.88 bits per heavy atom. The Morgan fingerprint density at radius 1 is 0.800 bits per heavy atom. The van der Waals surface area contributed by atoms with Crippen molar-refractivity contribution in [3.05, 3.63) is 95.6 Å². The third kappa shape index (κ3) is 3.89. The number of rotatable bonds is 5. The smallest absolute Gasteiger partial charge is 0.323 e. The highest BCUT2D eigenvalue weighted by atomic mass is 16.6. The van der Waals surface area contributed by atoms with E-state index < -0.39 is 5.92 Å². The standard InChI is InChI=1S/C22H20O3/c1-16-13-14-19(20(15-16)24-2)25-22(23)21(17-9-5-3-6-10-17)18-11-7-4-8-12-18/h3-15,21H,1-2H3. The molecule has 0 heterocycles. The molecule has 0 fully saturated rings. The molecule has 0 saturated heterocycles. The van der Waals surface area contributed by atoms with Gasteiger partial charge in [-0.3, -0.25) is 4.79 Å². The van der Waals surface area contributed by atoms with Crippen LogP contribution in [0.25, 0.3) is 0 Å². The van der Waals surface area contributed by atoms with E-state index in [0.29, 0.717) is 11.5 Å². The molecule has 3 nitrogen and oxygen atoms in total. The van der Waals surface area contributed by atoms with Crippen molar-refractivity contribution in [3.8, 4) is 11.5 Å². The lowest BCUT2D eigenvalue weighted by molar-refractivity contribution is -0.135. The first kappa shape index (κ1) is 16.8. The van der Waals surface area contributed by atoms with Crippen LogP contribution in [0.1, 0.15) is 22.6 Å². The van der Waals surface area contributed by atoms with E-state index in [2.05, 4.69) is 0 Å². The molecule has 25 heavy (non-hydrogen) atoms. The van der Waals surface area contributed by atoms with Crippen LogP contribution in [-0.2, 0) is 4.79 Å². The Bertz CT molecular complexity index is 802. The minimum Gasteiger partial charge on any atom is -0.493 e. The fraction of sp³-hybridized carbons (Fsp3) is 0.136. The average Bonchev–Trinajstić information content (AvgIpc) is 2.65. The van der Waals surface area contributed by atoms with Gasteiger partial charge >= 0.3 is 5.97 Å². The van der Waals surface area contributed by atoms with Gasteiger partial charge in [-0.25, -0.2) is 0 Å². The van der Waals surface area contributed by atoms with Crippen molar-refractivity contribution in [1.82, 2.24) is 0 Å². The largest absolute Gasteiger partial charge is 0.493 e. The second kappa shape index (κ2) is 7.67. The topological polar surface area (TPSA) is 35.5 Å². The number of benzene rings is 3. The van der Waals surface area contributed by atoms with Crippen molar-refractivity contribution in [3.63, 3.8) is 0 Å². The Kier molecular flexibility index (Phi) is 5.14. The number of methoxy groups -OCH3 is 1. The summed E-state index contributed by atoms with van der Waals surface area (Å²) >= 11 is 0. The Labute approximate surface area is 147 Å². The molecule has 0 amide bonds. The molecular weight excluding hydrogens is 312 g/mol. The molecule has 0 spiro atoms. The van der Waals surface area contributed by atoms with Gasteiger partial charge in [-0.05, 0) is 35.7 Å². The predicted molar refractivity (Wildman–Crippen MR) is 98.1 cm³/mol. The highest BCUT2D eigenvalue weighted by molar-refractivity contribution is 5.84. The molecule has 3 heteroatoms. The lowest BCUT2D eigenvalue weighted by Crippen LogP contribution is -2.20. The molecule has 0 aliphatic rings. The van der Waals surface area contributed by atoms with Crippen molar-refractivity contribution in [2.24, 2.45) is 0 Å². The number of esters is 1. The van der Waals surface area contributed by atoms with E-state index in [1.165, 1.54) is 0 Å². The molecule has 126 valence electrons. The van der Waals surface area contributed by atoms with Gasteiger partial charge in [0, 0.05) is 0 Å². The van der Waals surface area contributed by atoms with Gasteiger partial charge in [0.05, 0.1) is 7.11 Å². The van der Waals surface area contributed by atoms with Crippen LogP contribution in [0, 0.1) is 6.92 Å². The fourth-order valence-electron chi connectivity index (χ4n) is 2.78. The molecule has 0 atom stereocenters. The van der Waals surface area contributed by atoms with Gasteiger partial charge in [-0.15, -0.1) is 0 Å². The first-order chi connectivity index (χ1) is 12.2. The van der Waals surface area contributed by atoms with E-state index >= 15 is 0 Å². The van der Waals surface area contributed by atoms with Crippen molar-refractivity contribution < 1.29 is 14.3 Å². The van der Waals surface area contributed by atoms with Gasteiger partial charge in [0.25, 0.3) is 0 Å². The fourth-order valence-corrected chi connectivity index (χ4v) is 2.78. The van der Waals surface area contributed by atoms with Gasteiger partial charge in [0.2, 0.25) is 0 Å². The monoisotopic (exact) mass is 332 g/mol. The molecule has 0 aliphatic heterocycles. The average molecular weight is 332 g/mol. The second-order valence-electron chi connectivity index (χ2n) is 5.83. The summed E-state index contributed by atoms with van der Waals surface area (Å²) in [5, 5.41) is 0. The minimum absolute atomic E-state index is 0.334. The summed E-state index contributed by atoms with van der Waals surface area (Å²) < 4.78 is 11.0. The molecule has 0 bridgehead atoms. The highest BCUT2D eigenvalue weighted by Crippen LogP contribution is 2.32. The quantitative estimate of drug-likeness (QED) is 0.500. The normalized spacial score (nSPS) is 10.5. The first-order valence-electron chi connectivity index (χ1n) is 8.15. The van der Waals surface area contributed by atoms with Crippen LogP contribution in [0.5, 0.6) is 11.5 Å². The summed E-state index contributed by atoms with van der Waals surface area (Å²) in [6.07, 6.45) is 0. The van der Waals surface area contributed by atoms with Crippen LogP contribution in [0.3, 0.4) is 0 Å². The molecule has 3 aromatic rings. The summed E-state index contributed by atoms with van der Waals surface area (Å²) in [7, 11) is 1.57. The molecular formula is C22H20O3. The summed E-state index contributed by atoms with van der Waals surface area (Å²) in [5.41, 5.74) is 2.83. The lowest BCUT2D eigenvalue weighted by Gasteiger charge is -2.18. The Balaban J connectivity index is 1.96. The molecule has 3 rings (SSSR count). The maximum absolute atomic E-state index is 13.0. The first-order valence-corrected chi connectivity index (χ1v) is 8.15. The predicted octanol–water partition coefficient (Wildman–Crippen LogP) is 4.74. The zero-order chi connectivity index (χ0) is 17.6. The minimum atomic E-state index is -0.492. The van der Waals surface area contributed by atoms with Gasteiger partial charge < -0.3 is 9.47 Å². The zero-order valence-corrected chi connectivity index (χ0v) is 14.3. The third-order valence-electron chi connectivity index (χ3n) is 4.03. The van der Waals surface area contributed by atoms with Crippen LogP contribution in [0.15, 0.2) is 78.9 Å². The summed E-state index contributed by atoms with van der Waals surface area (Å²) in [6, 6.07) is 24.8. The van der Waals surface area contributed by atoms with E-state index in [1.807, 2.05) is 79.7 Å². The Hall–Kier alpha value is -3.07.